The Labute approximate surface area is 133 Å². The molecule has 0 amide bonds. The van der Waals surface area contributed by atoms with Crippen molar-refractivity contribution in [2.45, 2.75) is 25.8 Å². The SMILES string of the molecule is CCCOCC(C)(N)c1noc(-c2ccc(Cl)c(Cl)c2)n1. The molecule has 114 valence electrons. The number of aromatic nitrogens is 2. The molecular formula is C14H17Cl2N3O2. The van der Waals surface area contributed by atoms with E-state index >= 15 is 0 Å². The highest BCUT2D eigenvalue weighted by Crippen LogP contribution is 2.28. The Bertz CT molecular complexity index is 614. The second-order valence-corrected chi connectivity index (χ2v) is 5.84. The van der Waals surface area contributed by atoms with E-state index in [1.165, 1.54) is 0 Å². The van der Waals surface area contributed by atoms with Crippen molar-refractivity contribution < 1.29 is 9.26 Å². The fourth-order valence-corrected chi connectivity index (χ4v) is 1.99. The molecule has 2 aromatic rings. The molecule has 0 aliphatic rings. The molecule has 7 heteroatoms. The Hall–Kier alpha value is -1.14. The summed E-state index contributed by atoms with van der Waals surface area (Å²) in [5, 5.41) is 4.82. The number of hydrogen-bond donors (Lipinski definition) is 1. The van der Waals surface area contributed by atoms with Crippen LogP contribution in [0.15, 0.2) is 22.7 Å². The van der Waals surface area contributed by atoms with Gasteiger partial charge in [-0.05, 0) is 31.5 Å². The highest BCUT2D eigenvalue weighted by atomic mass is 35.5. The zero-order chi connectivity index (χ0) is 15.5. The monoisotopic (exact) mass is 329 g/mol. The molecule has 0 aliphatic carbocycles. The maximum absolute atomic E-state index is 6.17. The van der Waals surface area contributed by atoms with Gasteiger partial charge in [-0.2, -0.15) is 4.98 Å². The minimum absolute atomic E-state index is 0.321. The van der Waals surface area contributed by atoms with Gasteiger partial charge in [-0.15, -0.1) is 0 Å². The normalized spacial score (nSPS) is 14.1. The Morgan fingerprint density at radius 1 is 1.33 bits per heavy atom. The van der Waals surface area contributed by atoms with Crippen molar-refractivity contribution in [3.63, 3.8) is 0 Å². The number of halogens is 2. The largest absolute Gasteiger partial charge is 0.379 e. The van der Waals surface area contributed by atoms with Gasteiger partial charge in [0.2, 0.25) is 0 Å². The van der Waals surface area contributed by atoms with Crippen LogP contribution in [0.25, 0.3) is 11.5 Å². The topological polar surface area (TPSA) is 74.2 Å². The van der Waals surface area contributed by atoms with Crippen LogP contribution in [0.3, 0.4) is 0 Å². The van der Waals surface area contributed by atoms with Gasteiger partial charge in [0.15, 0.2) is 5.82 Å². The summed E-state index contributed by atoms with van der Waals surface area (Å²) in [5.41, 5.74) is 6.04. The van der Waals surface area contributed by atoms with Crippen LogP contribution in [-0.2, 0) is 10.3 Å². The predicted molar refractivity (Wildman–Crippen MR) is 82.4 cm³/mol. The third-order valence-electron chi connectivity index (χ3n) is 2.85. The first-order valence-electron chi connectivity index (χ1n) is 6.60. The molecule has 1 aromatic heterocycles. The number of nitrogens with zero attached hydrogens (tertiary/aromatic N) is 2. The minimum atomic E-state index is -0.812. The van der Waals surface area contributed by atoms with Crippen LogP contribution in [0.5, 0.6) is 0 Å². The molecule has 1 aromatic carbocycles. The third kappa shape index (κ3) is 3.95. The zero-order valence-electron chi connectivity index (χ0n) is 11.9. The zero-order valence-corrected chi connectivity index (χ0v) is 13.4. The fraction of sp³-hybridized carbons (Fsp3) is 0.429. The Morgan fingerprint density at radius 3 is 2.76 bits per heavy atom. The van der Waals surface area contributed by atoms with E-state index in [2.05, 4.69) is 10.1 Å². The van der Waals surface area contributed by atoms with Gasteiger partial charge in [0.05, 0.1) is 16.7 Å². The van der Waals surface area contributed by atoms with E-state index in [4.69, 9.17) is 38.2 Å². The summed E-state index contributed by atoms with van der Waals surface area (Å²) < 4.78 is 10.7. The lowest BCUT2D eigenvalue weighted by atomic mass is 10.1. The van der Waals surface area contributed by atoms with Crippen molar-refractivity contribution in [3.8, 4) is 11.5 Å². The van der Waals surface area contributed by atoms with Gasteiger partial charge in [-0.3, -0.25) is 0 Å². The molecule has 21 heavy (non-hydrogen) atoms. The Morgan fingerprint density at radius 2 is 2.10 bits per heavy atom. The van der Waals surface area contributed by atoms with Crippen LogP contribution >= 0.6 is 23.2 Å². The van der Waals surface area contributed by atoms with E-state index in [-0.39, 0.29) is 0 Å². The summed E-state index contributed by atoms with van der Waals surface area (Å²) in [6.07, 6.45) is 0.927. The van der Waals surface area contributed by atoms with E-state index in [0.29, 0.717) is 40.5 Å². The van der Waals surface area contributed by atoms with Crippen LogP contribution in [0.4, 0.5) is 0 Å². The molecule has 0 saturated carbocycles. The van der Waals surface area contributed by atoms with Crippen LogP contribution in [0, 0.1) is 0 Å². The molecule has 1 unspecified atom stereocenters. The van der Waals surface area contributed by atoms with Gasteiger partial charge in [-0.25, -0.2) is 0 Å². The molecule has 2 N–H and O–H groups in total. The number of hydrogen-bond acceptors (Lipinski definition) is 5. The van der Waals surface area contributed by atoms with Crippen LogP contribution in [-0.4, -0.2) is 23.4 Å². The molecular weight excluding hydrogens is 313 g/mol. The lowest BCUT2D eigenvalue weighted by Crippen LogP contribution is -2.39. The van der Waals surface area contributed by atoms with Crippen molar-refractivity contribution >= 4 is 23.2 Å². The summed E-state index contributed by atoms with van der Waals surface area (Å²) in [4.78, 5) is 4.32. The summed E-state index contributed by atoms with van der Waals surface area (Å²) in [6, 6.07) is 5.10. The van der Waals surface area contributed by atoms with E-state index in [1.54, 1.807) is 25.1 Å². The molecule has 0 spiro atoms. The van der Waals surface area contributed by atoms with Crippen LogP contribution < -0.4 is 5.73 Å². The maximum Gasteiger partial charge on any atom is 0.258 e. The molecule has 1 heterocycles. The molecule has 0 aliphatic heterocycles. The molecule has 0 fully saturated rings. The number of nitrogens with two attached hydrogens (primary N) is 1. The smallest absolute Gasteiger partial charge is 0.258 e. The first kappa shape index (κ1) is 16.2. The van der Waals surface area contributed by atoms with Crippen molar-refractivity contribution in [1.82, 2.24) is 10.1 Å². The quantitative estimate of drug-likeness (QED) is 0.819. The van der Waals surface area contributed by atoms with Gasteiger partial charge < -0.3 is 15.0 Å². The Kier molecular flexibility index (Phi) is 5.22. The highest BCUT2D eigenvalue weighted by Gasteiger charge is 2.28. The van der Waals surface area contributed by atoms with Gasteiger partial charge in [0.25, 0.3) is 5.89 Å². The number of benzene rings is 1. The average molecular weight is 330 g/mol. The fourth-order valence-electron chi connectivity index (χ4n) is 1.69. The Balaban J connectivity index is 2.18. The van der Waals surface area contributed by atoms with Gasteiger partial charge >= 0.3 is 0 Å². The lowest BCUT2D eigenvalue weighted by molar-refractivity contribution is 0.0867. The molecule has 0 bridgehead atoms. The predicted octanol–water partition coefficient (Wildman–Crippen LogP) is 3.64. The second kappa shape index (κ2) is 6.75. The van der Waals surface area contributed by atoms with E-state index in [0.717, 1.165) is 6.42 Å². The summed E-state index contributed by atoms with van der Waals surface area (Å²) in [7, 11) is 0. The first-order chi connectivity index (χ1) is 9.94. The summed E-state index contributed by atoms with van der Waals surface area (Å²) >= 11 is 11.9. The molecule has 5 nitrogen and oxygen atoms in total. The maximum atomic E-state index is 6.17. The second-order valence-electron chi connectivity index (χ2n) is 5.02. The minimum Gasteiger partial charge on any atom is -0.379 e. The molecule has 1 atom stereocenters. The molecule has 2 rings (SSSR count). The van der Waals surface area contributed by atoms with Crippen molar-refractivity contribution in [2.75, 3.05) is 13.2 Å². The first-order valence-corrected chi connectivity index (χ1v) is 7.36. The lowest BCUT2D eigenvalue weighted by Gasteiger charge is -2.19. The molecule has 0 radical (unpaired) electrons. The third-order valence-corrected chi connectivity index (χ3v) is 3.59. The van der Waals surface area contributed by atoms with Gasteiger partial charge in [0.1, 0.15) is 5.54 Å². The highest BCUT2D eigenvalue weighted by molar-refractivity contribution is 6.42. The van der Waals surface area contributed by atoms with Crippen molar-refractivity contribution in [1.29, 1.82) is 0 Å². The average Bonchev–Trinajstić information content (AvgIpc) is 2.92. The number of ether oxygens (including phenoxy) is 1. The van der Waals surface area contributed by atoms with Crippen molar-refractivity contribution in [3.05, 3.63) is 34.1 Å². The molecule has 0 saturated heterocycles. The summed E-state index contributed by atoms with van der Waals surface area (Å²) in [5.74, 6) is 0.732. The van der Waals surface area contributed by atoms with Crippen LogP contribution in [0.2, 0.25) is 10.0 Å². The van der Waals surface area contributed by atoms with Gasteiger partial charge in [0, 0.05) is 12.2 Å². The van der Waals surface area contributed by atoms with Crippen molar-refractivity contribution in [2.24, 2.45) is 5.73 Å². The van der Waals surface area contributed by atoms with E-state index < -0.39 is 5.54 Å². The number of rotatable bonds is 6. The van der Waals surface area contributed by atoms with Crippen LogP contribution in [0.1, 0.15) is 26.1 Å². The van der Waals surface area contributed by atoms with E-state index in [9.17, 15) is 0 Å². The standard InChI is InChI=1S/C14H17Cl2N3O2/c1-3-6-20-8-14(2,17)13-18-12(21-19-13)9-4-5-10(15)11(16)7-9/h4-5,7H,3,6,8,17H2,1-2H3. The van der Waals surface area contributed by atoms with Gasteiger partial charge in [-0.1, -0.05) is 35.3 Å². The van der Waals surface area contributed by atoms with E-state index in [1.807, 2.05) is 6.92 Å². The summed E-state index contributed by atoms with van der Waals surface area (Å²) in [6.45, 7) is 4.79.